The molecule has 2 unspecified atom stereocenters. The van der Waals surface area contributed by atoms with Crippen molar-refractivity contribution in [2.45, 2.75) is 51.7 Å². The Labute approximate surface area is 179 Å². The van der Waals surface area contributed by atoms with Crippen LogP contribution in [0.4, 0.5) is 5.95 Å². The fourth-order valence-electron chi connectivity index (χ4n) is 3.72. The molecule has 3 heterocycles. The van der Waals surface area contributed by atoms with Crippen molar-refractivity contribution in [2.75, 3.05) is 31.6 Å². The summed E-state index contributed by atoms with van der Waals surface area (Å²) >= 11 is 5.97. The zero-order chi connectivity index (χ0) is 22.1. The number of likely N-dealkylation sites (tertiary alicyclic amines) is 1. The molecule has 0 aliphatic carbocycles. The maximum Gasteiger partial charge on any atom is 0.376 e. The molecule has 2 fully saturated rings. The fourth-order valence-corrected chi connectivity index (χ4v) is 3.87. The third-order valence-corrected chi connectivity index (χ3v) is 5.18. The molecule has 0 N–H and O–H groups in total. The van der Waals surface area contributed by atoms with E-state index in [1.165, 1.54) is 7.11 Å². The van der Waals surface area contributed by atoms with Gasteiger partial charge in [0.15, 0.2) is 0 Å². The molecule has 2 aliphatic heterocycles. The number of halogens is 1. The Hall–Kier alpha value is -2.49. The molecular formula is C19H26ClN5O5. The SMILES string of the molecule is COC(=O)c1nc(Cl)nc(N2CC(C(=O)OC(C)(C)C)C(N3CCCCC3=O)C2)n1. The number of hydrogen-bond donors (Lipinski definition) is 0. The summed E-state index contributed by atoms with van der Waals surface area (Å²) in [6.07, 6.45) is 2.18. The molecule has 0 aromatic carbocycles. The van der Waals surface area contributed by atoms with Gasteiger partial charge in [-0.25, -0.2) is 4.79 Å². The third-order valence-electron chi connectivity index (χ3n) is 5.01. The van der Waals surface area contributed by atoms with Gasteiger partial charge in [0.05, 0.1) is 19.1 Å². The Morgan fingerprint density at radius 3 is 2.50 bits per heavy atom. The summed E-state index contributed by atoms with van der Waals surface area (Å²) in [7, 11) is 1.21. The molecule has 10 nitrogen and oxygen atoms in total. The van der Waals surface area contributed by atoms with E-state index in [0.29, 0.717) is 19.5 Å². The number of carbonyl (C=O) groups excluding carboxylic acids is 3. The molecule has 1 amide bonds. The number of anilines is 1. The van der Waals surface area contributed by atoms with Crippen molar-refractivity contribution >= 4 is 35.4 Å². The van der Waals surface area contributed by atoms with Gasteiger partial charge in [0.1, 0.15) is 5.60 Å². The average Bonchev–Trinajstić information content (AvgIpc) is 3.11. The molecular weight excluding hydrogens is 414 g/mol. The van der Waals surface area contributed by atoms with Crippen molar-refractivity contribution in [3.8, 4) is 0 Å². The van der Waals surface area contributed by atoms with Crippen LogP contribution in [0.15, 0.2) is 0 Å². The van der Waals surface area contributed by atoms with Crippen LogP contribution in [0.25, 0.3) is 0 Å². The molecule has 1 aromatic heterocycles. The molecule has 0 bridgehead atoms. The van der Waals surface area contributed by atoms with E-state index in [9.17, 15) is 14.4 Å². The monoisotopic (exact) mass is 439 g/mol. The first-order chi connectivity index (χ1) is 14.1. The number of esters is 2. The van der Waals surface area contributed by atoms with E-state index in [4.69, 9.17) is 16.3 Å². The van der Waals surface area contributed by atoms with Gasteiger partial charge in [0, 0.05) is 26.1 Å². The van der Waals surface area contributed by atoms with Crippen LogP contribution in [0.5, 0.6) is 0 Å². The van der Waals surface area contributed by atoms with Crippen LogP contribution >= 0.6 is 11.6 Å². The van der Waals surface area contributed by atoms with Crippen molar-refractivity contribution in [1.82, 2.24) is 19.9 Å². The van der Waals surface area contributed by atoms with Crippen molar-refractivity contribution in [3.05, 3.63) is 11.1 Å². The summed E-state index contributed by atoms with van der Waals surface area (Å²) in [6, 6.07) is -0.384. The molecule has 2 atom stereocenters. The Morgan fingerprint density at radius 1 is 1.13 bits per heavy atom. The minimum Gasteiger partial charge on any atom is -0.463 e. The Morgan fingerprint density at radius 2 is 1.87 bits per heavy atom. The van der Waals surface area contributed by atoms with Crippen molar-refractivity contribution in [1.29, 1.82) is 0 Å². The van der Waals surface area contributed by atoms with E-state index in [0.717, 1.165) is 12.8 Å². The molecule has 164 valence electrons. The predicted molar refractivity (Wildman–Crippen MR) is 107 cm³/mol. The Kier molecular flexibility index (Phi) is 6.44. The number of methoxy groups -OCH3 is 1. The number of amides is 1. The van der Waals surface area contributed by atoms with E-state index in [2.05, 4.69) is 19.7 Å². The van der Waals surface area contributed by atoms with Gasteiger partial charge in [0.2, 0.25) is 23.0 Å². The molecule has 30 heavy (non-hydrogen) atoms. The van der Waals surface area contributed by atoms with E-state index in [1.54, 1.807) is 30.6 Å². The maximum absolute atomic E-state index is 12.9. The highest BCUT2D eigenvalue weighted by molar-refractivity contribution is 6.28. The minimum atomic E-state index is -0.744. The second-order valence-electron chi connectivity index (χ2n) is 8.38. The Balaban J connectivity index is 1.91. The lowest BCUT2D eigenvalue weighted by Gasteiger charge is -2.35. The number of piperidine rings is 1. The summed E-state index contributed by atoms with van der Waals surface area (Å²) in [4.78, 5) is 52.8. The molecule has 2 aliphatic rings. The van der Waals surface area contributed by atoms with Crippen LogP contribution in [0.1, 0.15) is 50.7 Å². The standard InChI is InChI=1S/C19H26ClN5O5/c1-19(2,3)30-15(27)11-9-24(10-12(11)25-8-6-5-7-13(25)26)18-22-14(16(28)29-4)21-17(20)23-18/h11-12H,5-10H2,1-4H3. The number of rotatable bonds is 4. The zero-order valence-corrected chi connectivity index (χ0v) is 18.3. The first-order valence-electron chi connectivity index (χ1n) is 9.86. The van der Waals surface area contributed by atoms with Gasteiger partial charge in [0.25, 0.3) is 0 Å². The van der Waals surface area contributed by atoms with E-state index >= 15 is 0 Å². The number of aromatic nitrogens is 3. The normalized spacial score (nSPS) is 22.2. The van der Waals surface area contributed by atoms with Gasteiger partial charge in [-0.1, -0.05) is 0 Å². The van der Waals surface area contributed by atoms with Gasteiger partial charge < -0.3 is 19.3 Å². The maximum atomic E-state index is 12.9. The van der Waals surface area contributed by atoms with Crippen molar-refractivity contribution < 1.29 is 23.9 Å². The van der Waals surface area contributed by atoms with Crippen LogP contribution in [-0.4, -0.2) is 76.1 Å². The van der Waals surface area contributed by atoms with Crippen LogP contribution in [0, 0.1) is 5.92 Å². The summed E-state index contributed by atoms with van der Waals surface area (Å²) in [6.45, 7) is 6.52. The quantitative estimate of drug-likeness (QED) is 0.643. The van der Waals surface area contributed by atoms with Crippen LogP contribution in [-0.2, 0) is 19.1 Å². The van der Waals surface area contributed by atoms with Gasteiger partial charge in [-0.3, -0.25) is 9.59 Å². The van der Waals surface area contributed by atoms with Gasteiger partial charge in [-0.05, 0) is 45.2 Å². The topological polar surface area (TPSA) is 115 Å². The molecule has 0 spiro atoms. The van der Waals surface area contributed by atoms with Gasteiger partial charge >= 0.3 is 11.9 Å². The first-order valence-corrected chi connectivity index (χ1v) is 10.2. The zero-order valence-electron chi connectivity index (χ0n) is 17.6. The lowest BCUT2D eigenvalue weighted by atomic mass is 9.98. The lowest BCUT2D eigenvalue weighted by molar-refractivity contribution is -0.161. The molecule has 0 radical (unpaired) electrons. The Bertz CT molecular complexity index is 843. The number of carbonyl (C=O) groups is 3. The number of nitrogens with zero attached hydrogens (tertiary/aromatic N) is 5. The highest BCUT2D eigenvalue weighted by Crippen LogP contribution is 2.30. The number of hydrogen-bond acceptors (Lipinski definition) is 9. The van der Waals surface area contributed by atoms with Crippen LogP contribution in [0.2, 0.25) is 5.28 Å². The summed E-state index contributed by atoms with van der Waals surface area (Å²) in [5.74, 6) is -1.77. The van der Waals surface area contributed by atoms with Gasteiger partial charge in [-0.2, -0.15) is 15.0 Å². The fraction of sp³-hybridized carbons (Fsp3) is 0.684. The third kappa shape index (κ3) is 4.97. The highest BCUT2D eigenvalue weighted by Gasteiger charge is 2.45. The second-order valence-corrected chi connectivity index (χ2v) is 8.71. The molecule has 11 heteroatoms. The van der Waals surface area contributed by atoms with Crippen molar-refractivity contribution in [2.24, 2.45) is 5.92 Å². The summed E-state index contributed by atoms with van der Waals surface area (Å²) in [5.41, 5.74) is -0.657. The molecule has 2 saturated heterocycles. The lowest BCUT2D eigenvalue weighted by Crippen LogP contribution is -2.49. The molecule has 0 saturated carbocycles. The average molecular weight is 440 g/mol. The molecule has 1 aromatic rings. The van der Waals surface area contributed by atoms with E-state index in [-0.39, 0.29) is 41.5 Å². The number of ether oxygens (including phenoxy) is 2. The van der Waals surface area contributed by atoms with E-state index < -0.39 is 17.5 Å². The van der Waals surface area contributed by atoms with Gasteiger partial charge in [-0.15, -0.1) is 0 Å². The summed E-state index contributed by atoms with van der Waals surface area (Å²) < 4.78 is 10.3. The van der Waals surface area contributed by atoms with E-state index in [1.807, 2.05) is 0 Å². The van der Waals surface area contributed by atoms with Crippen molar-refractivity contribution in [3.63, 3.8) is 0 Å². The first kappa shape index (κ1) is 22.2. The van der Waals surface area contributed by atoms with Crippen LogP contribution in [0.3, 0.4) is 0 Å². The summed E-state index contributed by atoms with van der Waals surface area (Å²) in [5, 5.41) is -0.160. The smallest absolute Gasteiger partial charge is 0.376 e. The minimum absolute atomic E-state index is 0.0191. The largest absolute Gasteiger partial charge is 0.463 e. The predicted octanol–water partition coefficient (Wildman–Crippen LogP) is 1.47. The second kappa shape index (κ2) is 8.71. The van der Waals surface area contributed by atoms with Crippen LogP contribution < -0.4 is 4.90 Å². The highest BCUT2D eigenvalue weighted by atomic mass is 35.5. The molecule has 3 rings (SSSR count).